The van der Waals surface area contributed by atoms with Crippen molar-refractivity contribution < 1.29 is 0 Å². The molecule has 0 spiro atoms. The summed E-state index contributed by atoms with van der Waals surface area (Å²) in [5.74, 6) is 0.895. The summed E-state index contributed by atoms with van der Waals surface area (Å²) in [6, 6.07) is 10.0. The Morgan fingerprint density at radius 1 is 1.06 bits per heavy atom. The van der Waals surface area contributed by atoms with Crippen molar-refractivity contribution in [1.29, 1.82) is 0 Å². The standard InChI is InChI=1S/C14H16ClN3/c1-3-18(4-2)14-12(13(15)16-10-17-14)11-8-6-5-7-9-11/h5-10H,3-4H2,1-2H3. The number of hydrogen-bond donors (Lipinski definition) is 0. The van der Waals surface area contributed by atoms with E-state index >= 15 is 0 Å². The normalized spacial score (nSPS) is 10.4. The van der Waals surface area contributed by atoms with Crippen LogP contribution in [0.15, 0.2) is 36.7 Å². The van der Waals surface area contributed by atoms with Gasteiger partial charge in [-0.3, -0.25) is 0 Å². The summed E-state index contributed by atoms with van der Waals surface area (Å²) in [4.78, 5) is 10.7. The molecular formula is C14H16ClN3. The van der Waals surface area contributed by atoms with Crippen molar-refractivity contribution in [3.8, 4) is 11.1 Å². The number of halogens is 1. The van der Waals surface area contributed by atoms with Crippen LogP contribution < -0.4 is 4.90 Å². The van der Waals surface area contributed by atoms with Crippen LogP contribution in [0.25, 0.3) is 11.1 Å². The number of nitrogens with zero attached hydrogens (tertiary/aromatic N) is 3. The molecule has 0 saturated carbocycles. The second-order valence-electron chi connectivity index (χ2n) is 3.90. The molecule has 0 aliphatic carbocycles. The van der Waals surface area contributed by atoms with Crippen molar-refractivity contribution in [1.82, 2.24) is 9.97 Å². The molecule has 0 aliphatic rings. The van der Waals surface area contributed by atoms with Crippen LogP contribution in [-0.4, -0.2) is 23.1 Å². The second-order valence-corrected chi connectivity index (χ2v) is 4.26. The third-order valence-electron chi connectivity index (χ3n) is 2.91. The predicted molar refractivity (Wildman–Crippen MR) is 76.0 cm³/mol. The molecule has 1 heterocycles. The maximum atomic E-state index is 6.24. The van der Waals surface area contributed by atoms with E-state index in [2.05, 4.69) is 28.7 Å². The van der Waals surface area contributed by atoms with Crippen molar-refractivity contribution in [2.75, 3.05) is 18.0 Å². The number of benzene rings is 1. The zero-order valence-corrected chi connectivity index (χ0v) is 11.4. The van der Waals surface area contributed by atoms with Crippen molar-refractivity contribution in [2.24, 2.45) is 0 Å². The van der Waals surface area contributed by atoms with Crippen molar-refractivity contribution >= 4 is 17.4 Å². The van der Waals surface area contributed by atoms with Crippen LogP contribution >= 0.6 is 11.6 Å². The summed E-state index contributed by atoms with van der Waals surface area (Å²) in [5, 5.41) is 0.498. The third kappa shape index (κ3) is 2.46. The lowest BCUT2D eigenvalue weighted by atomic mass is 10.1. The van der Waals surface area contributed by atoms with Crippen LogP contribution in [0.3, 0.4) is 0 Å². The van der Waals surface area contributed by atoms with Crippen molar-refractivity contribution in [3.63, 3.8) is 0 Å². The van der Waals surface area contributed by atoms with Gasteiger partial charge in [-0.15, -0.1) is 0 Å². The van der Waals surface area contributed by atoms with E-state index in [1.165, 1.54) is 6.33 Å². The van der Waals surface area contributed by atoms with Gasteiger partial charge in [0.05, 0.1) is 5.56 Å². The van der Waals surface area contributed by atoms with Gasteiger partial charge in [0.15, 0.2) is 0 Å². The minimum Gasteiger partial charge on any atom is -0.357 e. The Morgan fingerprint density at radius 2 is 1.72 bits per heavy atom. The van der Waals surface area contributed by atoms with E-state index in [9.17, 15) is 0 Å². The molecular weight excluding hydrogens is 246 g/mol. The van der Waals surface area contributed by atoms with Crippen LogP contribution in [-0.2, 0) is 0 Å². The fraction of sp³-hybridized carbons (Fsp3) is 0.286. The Kier molecular flexibility index (Phi) is 4.15. The molecule has 0 N–H and O–H groups in total. The van der Waals surface area contributed by atoms with Gasteiger partial charge in [0.2, 0.25) is 0 Å². The van der Waals surface area contributed by atoms with Gasteiger partial charge in [-0.05, 0) is 19.4 Å². The number of hydrogen-bond acceptors (Lipinski definition) is 3. The Morgan fingerprint density at radius 3 is 2.33 bits per heavy atom. The molecule has 0 atom stereocenters. The molecule has 4 heteroatoms. The molecule has 0 unspecified atom stereocenters. The van der Waals surface area contributed by atoms with Gasteiger partial charge in [-0.25, -0.2) is 9.97 Å². The SMILES string of the molecule is CCN(CC)c1ncnc(Cl)c1-c1ccccc1. The molecule has 0 saturated heterocycles. The van der Waals surface area contributed by atoms with E-state index in [1.54, 1.807) is 0 Å². The summed E-state index contributed by atoms with van der Waals surface area (Å²) >= 11 is 6.24. The van der Waals surface area contributed by atoms with Gasteiger partial charge in [0.25, 0.3) is 0 Å². The molecule has 2 rings (SSSR count). The average molecular weight is 262 g/mol. The molecule has 1 aromatic carbocycles. The van der Waals surface area contributed by atoms with E-state index in [0.29, 0.717) is 5.15 Å². The lowest BCUT2D eigenvalue weighted by Gasteiger charge is -2.22. The summed E-state index contributed by atoms with van der Waals surface area (Å²) in [6.07, 6.45) is 1.52. The van der Waals surface area contributed by atoms with Gasteiger partial charge in [0.1, 0.15) is 17.3 Å². The fourth-order valence-corrected chi connectivity index (χ4v) is 2.21. The number of anilines is 1. The second kappa shape index (κ2) is 5.83. The van der Waals surface area contributed by atoms with Crippen LogP contribution in [0.1, 0.15) is 13.8 Å². The Bertz CT molecular complexity index is 510. The van der Waals surface area contributed by atoms with E-state index in [0.717, 1.165) is 30.0 Å². The molecule has 2 aromatic rings. The lowest BCUT2D eigenvalue weighted by Crippen LogP contribution is -2.24. The summed E-state index contributed by atoms with van der Waals surface area (Å²) in [7, 11) is 0. The largest absolute Gasteiger partial charge is 0.357 e. The van der Waals surface area contributed by atoms with Gasteiger partial charge in [-0.2, -0.15) is 0 Å². The summed E-state index contributed by atoms with van der Waals surface area (Å²) < 4.78 is 0. The molecule has 18 heavy (non-hydrogen) atoms. The molecule has 3 nitrogen and oxygen atoms in total. The van der Waals surface area contributed by atoms with Gasteiger partial charge >= 0.3 is 0 Å². The highest BCUT2D eigenvalue weighted by Gasteiger charge is 2.15. The first-order chi connectivity index (χ1) is 8.77. The van der Waals surface area contributed by atoms with Crippen LogP contribution in [0.2, 0.25) is 5.15 Å². The van der Waals surface area contributed by atoms with E-state index in [-0.39, 0.29) is 0 Å². The Labute approximate surface area is 112 Å². The fourth-order valence-electron chi connectivity index (χ4n) is 1.97. The van der Waals surface area contributed by atoms with Crippen molar-refractivity contribution in [2.45, 2.75) is 13.8 Å². The predicted octanol–water partition coefficient (Wildman–Crippen LogP) is 3.64. The highest BCUT2D eigenvalue weighted by molar-refractivity contribution is 6.32. The Balaban J connectivity index is 2.58. The minimum absolute atomic E-state index is 0.498. The smallest absolute Gasteiger partial charge is 0.142 e. The molecule has 0 amide bonds. The highest BCUT2D eigenvalue weighted by atomic mass is 35.5. The zero-order valence-electron chi connectivity index (χ0n) is 10.6. The number of rotatable bonds is 4. The maximum absolute atomic E-state index is 6.24. The van der Waals surface area contributed by atoms with E-state index in [4.69, 9.17) is 11.6 Å². The van der Waals surface area contributed by atoms with Crippen molar-refractivity contribution in [3.05, 3.63) is 41.8 Å². The first-order valence-corrected chi connectivity index (χ1v) is 6.46. The molecule has 0 fully saturated rings. The Hall–Kier alpha value is -1.61. The van der Waals surface area contributed by atoms with Gasteiger partial charge in [0, 0.05) is 13.1 Å². The first kappa shape index (κ1) is 12.8. The molecule has 0 aliphatic heterocycles. The first-order valence-electron chi connectivity index (χ1n) is 6.08. The van der Waals surface area contributed by atoms with E-state index in [1.807, 2.05) is 30.3 Å². The zero-order chi connectivity index (χ0) is 13.0. The highest BCUT2D eigenvalue weighted by Crippen LogP contribution is 2.33. The van der Waals surface area contributed by atoms with Gasteiger partial charge in [-0.1, -0.05) is 41.9 Å². The molecule has 1 aromatic heterocycles. The third-order valence-corrected chi connectivity index (χ3v) is 3.19. The number of aromatic nitrogens is 2. The summed E-state index contributed by atoms with van der Waals surface area (Å²) in [5.41, 5.74) is 1.95. The maximum Gasteiger partial charge on any atom is 0.142 e. The van der Waals surface area contributed by atoms with Crippen LogP contribution in [0.5, 0.6) is 0 Å². The van der Waals surface area contributed by atoms with Crippen LogP contribution in [0, 0.1) is 0 Å². The lowest BCUT2D eigenvalue weighted by molar-refractivity contribution is 0.843. The van der Waals surface area contributed by atoms with Crippen LogP contribution in [0.4, 0.5) is 5.82 Å². The minimum atomic E-state index is 0.498. The van der Waals surface area contributed by atoms with E-state index < -0.39 is 0 Å². The topological polar surface area (TPSA) is 29.0 Å². The average Bonchev–Trinajstić information content (AvgIpc) is 2.41. The quantitative estimate of drug-likeness (QED) is 0.787. The molecule has 0 radical (unpaired) electrons. The van der Waals surface area contributed by atoms with Gasteiger partial charge < -0.3 is 4.90 Å². The molecule has 94 valence electrons. The monoisotopic (exact) mass is 261 g/mol. The summed E-state index contributed by atoms with van der Waals surface area (Å²) in [6.45, 7) is 6.00. The molecule has 0 bridgehead atoms.